The maximum atomic E-state index is 4.47. The monoisotopic (exact) mass is 441 g/mol. The summed E-state index contributed by atoms with van der Waals surface area (Å²) in [4.78, 5) is 8.72. The summed E-state index contributed by atoms with van der Waals surface area (Å²) in [5, 5.41) is 6.69. The highest BCUT2D eigenvalue weighted by Gasteiger charge is 2.11. The molecular formula is C18H28IN5. The lowest BCUT2D eigenvalue weighted by atomic mass is 10.1. The molecule has 2 N–H and O–H groups in total. The Bertz CT molecular complexity index is 628. The first-order chi connectivity index (χ1) is 11.0. The Labute approximate surface area is 162 Å². The van der Waals surface area contributed by atoms with Crippen molar-refractivity contribution in [2.24, 2.45) is 4.99 Å². The van der Waals surface area contributed by atoms with Crippen LogP contribution in [0.5, 0.6) is 0 Å². The number of imidazole rings is 1. The maximum absolute atomic E-state index is 4.47. The molecular weight excluding hydrogens is 413 g/mol. The Hall–Kier alpha value is -1.57. The third kappa shape index (κ3) is 6.90. The fraction of sp³-hybridized carbons (Fsp3) is 0.444. The average Bonchev–Trinajstić information content (AvgIpc) is 2.93. The minimum Gasteiger partial charge on any atom is -0.356 e. The first-order valence-electron chi connectivity index (χ1n) is 8.01. The van der Waals surface area contributed by atoms with Gasteiger partial charge in [-0.1, -0.05) is 30.3 Å². The molecule has 0 aliphatic heterocycles. The summed E-state index contributed by atoms with van der Waals surface area (Å²) < 4.78 is 2.19. The molecule has 1 heterocycles. The molecule has 6 heteroatoms. The minimum absolute atomic E-state index is 0. The van der Waals surface area contributed by atoms with Crippen molar-refractivity contribution in [3.05, 3.63) is 54.1 Å². The van der Waals surface area contributed by atoms with E-state index in [0.29, 0.717) is 0 Å². The molecule has 24 heavy (non-hydrogen) atoms. The number of rotatable bonds is 5. The van der Waals surface area contributed by atoms with Gasteiger partial charge in [0.25, 0.3) is 0 Å². The highest BCUT2D eigenvalue weighted by Crippen LogP contribution is 2.06. The Kier molecular flexibility index (Phi) is 8.24. The van der Waals surface area contributed by atoms with Crippen LogP contribution in [0.1, 0.15) is 32.2 Å². The molecule has 0 atom stereocenters. The van der Waals surface area contributed by atoms with Crippen molar-refractivity contribution >= 4 is 29.9 Å². The fourth-order valence-electron chi connectivity index (χ4n) is 2.32. The number of guanidine groups is 1. The quantitative estimate of drug-likeness (QED) is 0.426. The first kappa shape index (κ1) is 20.5. The summed E-state index contributed by atoms with van der Waals surface area (Å²) in [5.41, 5.74) is 1.28. The molecule has 0 saturated heterocycles. The molecule has 0 radical (unpaired) electrons. The van der Waals surface area contributed by atoms with Gasteiger partial charge in [0.1, 0.15) is 5.82 Å². The van der Waals surface area contributed by atoms with E-state index in [1.807, 2.05) is 18.5 Å². The van der Waals surface area contributed by atoms with Crippen molar-refractivity contribution in [2.75, 3.05) is 13.6 Å². The number of aromatic nitrogens is 2. The molecule has 0 fully saturated rings. The van der Waals surface area contributed by atoms with Crippen LogP contribution in [0.15, 0.2) is 47.7 Å². The van der Waals surface area contributed by atoms with E-state index < -0.39 is 0 Å². The third-order valence-corrected chi connectivity index (χ3v) is 3.36. The average molecular weight is 441 g/mol. The maximum Gasteiger partial charge on any atom is 0.191 e. The zero-order chi connectivity index (χ0) is 16.7. The van der Waals surface area contributed by atoms with Gasteiger partial charge in [0.05, 0.1) is 0 Å². The standard InChI is InChI=1S/C18H27N5.HI/c1-18(2,3)22-17(19-4)21-11-10-16-20-12-13-23(16)14-15-8-6-5-7-9-15;/h5-9,12-13H,10-11,14H2,1-4H3,(H2,19,21,22);1H. The van der Waals surface area contributed by atoms with Gasteiger partial charge in [-0.05, 0) is 26.3 Å². The van der Waals surface area contributed by atoms with E-state index in [1.165, 1.54) is 5.56 Å². The Balaban J connectivity index is 0.00000288. The summed E-state index contributed by atoms with van der Waals surface area (Å²) in [6.07, 6.45) is 4.75. The van der Waals surface area contributed by atoms with Crippen LogP contribution in [0, 0.1) is 0 Å². The van der Waals surface area contributed by atoms with Gasteiger partial charge in [-0.25, -0.2) is 4.98 Å². The number of hydrogen-bond donors (Lipinski definition) is 2. The number of halogens is 1. The van der Waals surface area contributed by atoms with Crippen molar-refractivity contribution in [3.63, 3.8) is 0 Å². The van der Waals surface area contributed by atoms with Gasteiger partial charge in [-0.15, -0.1) is 24.0 Å². The molecule has 0 amide bonds. The summed E-state index contributed by atoms with van der Waals surface area (Å²) in [6.45, 7) is 8.00. The second-order valence-corrected chi connectivity index (χ2v) is 6.58. The highest BCUT2D eigenvalue weighted by atomic mass is 127. The van der Waals surface area contributed by atoms with Gasteiger partial charge < -0.3 is 15.2 Å². The van der Waals surface area contributed by atoms with Crippen molar-refractivity contribution < 1.29 is 0 Å². The molecule has 0 saturated carbocycles. The van der Waals surface area contributed by atoms with E-state index in [2.05, 4.69) is 70.2 Å². The van der Waals surface area contributed by atoms with Crippen molar-refractivity contribution in [1.82, 2.24) is 20.2 Å². The van der Waals surface area contributed by atoms with Crippen molar-refractivity contribution in [1.29, 1.82) is 0 Å². The minimum atomic E-state index is -0.00633. The van der Waals surface area contributed by atoms with Crippen molar-refractivity contribution in [2.45, 2.75) is 39.3 Å². The van der Waals surface area contributed by atoms with E-state index in [4.69, 9.17) is 0 Å². The molecule has 0 bridgehead atoms. The number of nitrogens with zero attached hydrogens (tertiary/aromatic N) is 3. The molecule has 2 aromatic rings. The zero-order valence-electron chi connectivity index (χ0n) is 14.9. The van der Waals surface area contributed by atoms with E-state index in [-0.39, 0.29) is 29.5 Å². The fourth-order valence-corrected chi connectivity index (χ4v) is 2.32. The van der Waals surface area contributed by atoms with Crippen LogP contribution >= 0.6 is 24.0 Å². The van der Waals surface area contributed by atoms with E-state index in [0.717, 1.165) is 31.3 Å². The van der Waals surface area contributed by atoms with Crippen molar-refractivity contribution in [3.8, 4) is 0 Å². The molecule has 1 aromatic heterocycles. The molecule has 5 nitrogen and oxygen atoms in total. The van der Waals surface area contributed by atoms with Gasteiger partial charge in [-0.3, -0.25) is 4.99 Å². The van der Waals surface area contributed by atoms with E-state index in [1.54, 1.807) is 7.05 Å². The molecule has 2 rings (SSSR count). The number of hydrogen-bond acceptors (Lipinski definition) is 2. The SMILES string of the molecule is CN=C(NCCc1nccn1Cc1ccccc1)NC(C)(C)C.I. The van der Waals surface area contributed by atoms with Crippen LogP contribution in [-0.2, 0) is 13.0 Å². The third-order valence-electron chi connectivity index (χ3n) is 3.36. The molecule has 0 spiro atoms. The number of nitrogens with one attached hydrogen (secondary N) is 2. The normalized spacial score (nSPS) is 11.8. The summed E-state index contributed by atoms with van der Waals surface area (Å²) in [7, 11) is 1.79. The van der Waals surface area contributed by atoms with Crippen LogP contribution in [0.3, 0.4) is 0 Å². The molecule has 0 aliphatic rings. The van der Waals surface area contributed by atoms with Gasteiger partial charge in [0.2, 0.25) is 0 Å². The van der Waals surface area contributed by atoms with Gasteiger partial charge in [0.15, 0.2) is 5.96 Å². The van der Waals surface area contributed by atoms with Crippen LogP contribution in [0.4, 0.5) is 0 Å². The van der Waals surface area contributed by atoms with Gasteiger partial charge in [-0.2, -0.15) is 0 Å². The summed E-state index contributed by atoms with van der Waals surface area (Å²) in [5.74, 6) is 1.89. The van der Waals surface area contributed by atoms with Gasteiger partial charge in [0, 0.05) is 44.5 Å². The molecule has 132 valence electrons. The second-order valence-electron chi connectivity index (χ2n) is 6.58. The topological polar surface area (TPSA) is 54.2 Å². The number of benzene rings is 1. The lowest BCUT2D eigenvalue weighted by Gasteiger charge is -2.23. The highest BCUT2D eigenvalue weighted by molar-refractivity contribution is 14.0. The summed E-state index contributed by atoms with van der Waals surface area (Å²) >= 11 is 0. The molecule has 0 unspecified atom stereocenters. The lowest BCUT2D eigenvalue weighted by molar-refractivity contribution is 0.501. The second kappa shape index (κ2) is 9.66. The predicted octanol–water partition coefficient (Wildman–Crippen LogP) is 3.06. The van der Waals surface area contributed by atoms with Crippen LogP contribution in [0.2, 0.25) is 0 Å². The largest absolute Gasteiger partial charge is 0.356 e. The Morgan fingerprint density at radius 2 is 1.92 bits per heavy atom. The molecule has 1 aromatic carbocycles. The zero-order valence-corrected chi connectivity index (χ0v) is 17.2. The smallest absolute Gasteiger partial charge is 0.191 e. The Morgan fingerprint density at radius 3 is 2.54 bits per heavy atom. The van der Waals surface area contributed by atoms with Crippen LogP contribution in [0.25, 0.3) is 0 Å². The van der Waals surface area contributed by atoms with Crippen LogP contribution < -0.4 is 10.6 Å². The molecule has 0 aliphatic carbocycles. The summed E-state index contributed by atoms with van der Waals surface area (Å²) in [6, 6.07) is 10.4. The predicted molar refractivity (Wildman–Crippen MR) is 111 cm³/mol. The first-order valence-corrected chi connectivity index (χ1v) is 8.01. The lowest BCUT2D eigenvalue weighted by Crippen LogP contribution is -2.48. The van der Waals surface area contributed by atoms with E-state index in [9.17, 15) is 0 Å². The number of aliphatic imine (C=N–C) groups is 1. The Morgan fingerprint density at radius 1 is 1.21 bits per heavy atom. The van der Waals surface area contributed by atoms with Crippen LogP contribution in [-0.4, -0.2) is 34.6 Å². The van der Waals surface area contributed by atoms with Gasteiger partial charge >= 0.3 is 0 Å². The van der Waals surface area contributed by atoms with E-state index >= 15 is 0 Å².